The van der Waals surface area contributed by atoms with Crippen molar-refractivity contribution >= 4 is 11.6 Å². The molecule has 0 atom stereocenters. The number of pyridine rings is 1. The van der Waals surface area contributed by atoms with Gasteiger partial charge in [-0.15, -0.1) is 0 Å². The molecule has 0 aliphatic heterocycles. The van der Waals surface area contributed by atoms with E-state index in [4.69, 9.17) is 9.47 Å². The van der Waals surface area contributed by atoms with Crippen LogP contribution in [0.5, 0.6) is 5.75 Å². The summed E-state index contributed by atoms with van der Waals surface area (Å²) in [4.78, 5) is 26.3. The summed E-state index contributed by atoms with van der Waals surface area (Å²) >= 11 is 0. The van der Waals surface area contributed by atoms with E-state index in [0.717, 1.165) is 0 Å². The first-order chi connectivity index (χ1) is 10.2. The van der Waals surface area contributed by atoms with Crippen molar-refractivity contribution in [1.82, 2.24) is 4.98 Å². The van der Waals surface area contributed by atoms with E-state index in [1.54, 1.807) is 31.4 Å². The molecule has 1 heterocycles. The third-order valence-electron chi connectivity index (χ3n) is 2.72. The van der Waals surface area contributed by atoms with Gasteiger partial charge < -0.3 is 19.8 Å². The molecule has 0 aliphatic rings. The predicted molar refractivity (Wildman–Crippen MR) is 78.8 cm³/mol. The van der Waals surface area contributed by atoms with E-state index < -0.39 is 5.91 Å². The number of anilines is 1. The van der Waals surface area contributed by atoms with Crippen LogP contribution in [0.3, 0.4) is 0 Å². The Balaban J connectivity index is 2.06. The molecule has 2 rings (SSSR count). The van der Waals surface area contributed by atoms with E-state index in [9.17, 15) is 9.59 Å². The highest BCUT2D eigenvalue weighted by molar-refractivity contribution is 6.04. The minimum Gasteiger partial charge on any atom is -0.491 e. The highest BCUT2D eigenvalue weighted by atomic mass is 16.5. The molecule has 1 aromatic heterocycles. The standard InChI is InChI=1S/C15H16N2O4/c1-20-7-8-21-12-4-2-3-11(9-12)17-15(19)13-10-16-6-5-14(13)18/h2-6,9-10H,7-8H2,1H3,(H,16,18)(H,17,19). The average Bonchev–Trinajstić information content (AvgIpc) is 2.48. The van der Waals surface area contributed by atoms with Crippen LogP contribution in [0.15, 0.2) is 47.5 Å². The summed E-state index contributed by atoms with van der Waals surface area (Å²) in [6.45, 7) is 0.905. The summed E-state index contributed by atoms with van der Waals surface area (Å²) in [5.74, 6) is 0.151. The zero-order valence-corrected chi connectivity index (χ0v) is 11.6. The third kappa shape index (κ3) is 4.19. The van der Waals surface area contributed by atoms with Crippen LogP contribution in [-0.4, -0.2) is 31.2 Å². The van der Waals surface area contributed by atoms with Crippen LogP contribution in [-0.2, 0) is 4.74 Å². The molecule has 21 heavy (non-hydrogen) atoms. The number of methoxy groups -OCH3 is 1. The largest absolute Gasteiger partial charge is 0.491 e. The number of carbonyl (C=O) groups is 1. The van der Waals surface area contributed by atoms with Crippen molar-refractivity contribution < 1.29 is 14.3 Å². The molecule has 0 saturated carbocycles. The van der Waals surface area contributed by atoms with E-state index in [1.165, 1.54) is 18.5 Å². The molecule has 0 unspecified atom stereocenters. The molecule has 2 N–H and O–H groups in total. The van der Waals surface area contributed by atoms with Crippen LogP contribution in [0, 0.1) is 0 Å². The van der Waals surface area contributed by atoms with Gasteiger partial charge in [-0.25, -0.2) is 0 Å². The normalized spacial score (nSPS) is 10.1. The van der Waals surface area contributed by atoms with Crippen LogP contribution in [0.4, 0.5) is 5.69 Å². The van der Waals surface area contributed by atoms with E-state index in [1.807, 2.05) is 0 Å². The SMILES string of the molecule is COCCOc1cccc(NC(=O)c2c[nH]ccc2=O)c1. The quantitative estimate of drug-likeness (QED) is 0.792. The van der Waals surface area contributed by atoms with Gasteiger partial charge in [0.1, 0.15) is 17.9 Å². The van der Waals surface area contributed by atoms with Crippen molar-refractivity contribution in [2.45, 2.75) is 0 Å². The van der Waals surface area contributed by atoms with Crippen LogP contribution >= 0.6 is 0 Å². The van der Waals surface area contributed by atoms with Crippen molar-refractivity contribution in [2.24, 2.45) is 0 Å². The molecule has 0 saturated heterocycles. The Labute approximate surface area is 121 Å². The van der Waals surface area contributed by atoms with Crippen molar-refractivity contribution in [3.8, 4) is 5.75 Å². The molecule has 0 aliphatic carbocycles. The zero-order valence-electron chi connectivity index (χ0n) is 11.6. The second-order valence-corrected chi connectivity index (χ2v) is 4.25. The molecule has 1 amide bonds. The lowest BCUT2D eigenvalue weighted by atomic mass is 10.2. The Kier molecular flexibility index (Phi) is 5.11. The first-order valence-corrected chi connectivity index (χ1v) is 6.41. The smallest absolute Gasteiger partial charge is 0.261 e. The number of benzene rings is 1. The van der Waals surface area contributed by atoms with Crippen LogP contribution < -0.4 is 15.5 Å². The Morgan fingerprint density at radius 3 is 2.90 bits per heavy atom. The highest BCUT2D eigenvalue weighted by Crippen LogP contribution is 2.17. The van der Waals surface area contributed by atoms with Crippen molar-refractivity contribution in [3.63, 3.8) is 0 Å². The second kappa shape index (κ2) is 7.25. The van der Waals surface area contributed by atoms with Gasteiger partial charge in [-0.2, -0.15) is 0 Å². The topological polar surface area (TPSA) is 80.4 Å². The Morgan fingerprint density at radius 2 is 2.14 bits per heavy atom. The fourth-order valence-corrected chi connectivity index (χ4v) is 1.70. The minimum atomic E-state index is -0.467. The fraction of sp³-hybridized carbons (Fsp3) is 0.200. The molecule has 6 nitrogen and oxygen atoms in total. The number of hydrogen-bond donors (Lipinski definition) is 2. The molecule has 0 fully saturated rings. The number of aromatic amines is 1. The molecule has 6 heteroatoms. The van der Waals surface area contributed by atoms with Gasteiger partial charge in [0.05, 0.1) is 6.61 Å². The molecule has 1 aromatic carbocycles. The fourth-order valence-electron chi connectivity index (χ4n) is 1.70. The molecule has 0 spiro atoms. The number of aromatic nitrogens is 1. The van der Waals surface area contributed by atoms with Gasteiger partial charge >= 0.3 is 0 Å². The summed E-state index contributed by atoms with van der Waals surface area (Å²) in [5, 5.41) is 2.66. The number of hydrogen-bond acceptors (Lipinski definition) is 4. The maximum atomic E-state index is 12.0. The van der Waals surface area contributed by atoms with E-state index in [-0.39, 0.29) is 11.0 Å². The van der Waals surface area contributed by atoms with Gasteiger partial charge in [-0.1, -0.05) is 6.07 Å². The van der Waals surface area contributed by atoms with Gasteiger partial charge in [0.25, 0.3) is 5.91 Å². The lowest BCUT2D eigenvalue weighted by Gasteiger charge is -2.08. The molecular weight excluding hydrogens is 272 g/mol. The van der Waals surface area contributed by atoms with Gasteiger partial charge in [0.15, 0.2) is 5.43 Å². The molecule has 0 bridgehead atoms. The number of carbonyl (C=O) groups excluding carboxylic acids is 1. The van der Waals surface area contributed by atoms with Gasteiger partial charge in [0.2, 0.25) is 0 Å². The Hall–Kier alpha value is -2.60. The number of amides is 1. The summed E-state index contributed by atoms with van der Waals surface area (Å²) in [6, 6.07) is 8.25. The van der Waals surface area contributed by atoms with Crippen LogP contribution in [0.2, 0.25) is 0 Å². The summed E-state index contributed by atoms with van der Waals surface area (Å²) in [5.41, 5.74) is 0.278. The number of H-pyrrole nitrogens is 1. The average molecular weight is 288 g/mol. The van der Waals surface area contributed by atoms with E-state index in [0.29, 0.717) is 24.7 Å². The van der Waals surface area contributed by atoms with Crippen molar-refractivity contribution in [1.29, 1.82) is 0 Å². The third-order valence-corrected chi connectivity index (χ3v) is 2.72. The molecule has 110 valence electrons. The number of ether oxygens (including phenoxy) is 2. The minimum absolute atomic E-state index is 0.0585. The van der Waals surface area contributed by atoms with E-state index >= 15 is 0 Å². The lowest BCUT2D eigenvalue weighted by Crippen LogP contribution is -2.20. The number of nitrogens with one attached hydrogen (secondary N) is 2. The second-order valence-electron chi connectivity index (χ2n) is 4.25. The molecular formula is C15H16N2O4. The summed E-state index contributed by atoms with van der Waals surface area (Å²) in [6.07, 6.45) is 2.85. The number of rotatable bonds is 6. The summed E-state index contributed by atoms with van der Waals surface area (Å²) < 4.78 is 10.4. The maximum Gasteiger partial charge on any atom is 0.261 e. The maximum absolute atomic E-state index is 12.0. The molecule has 0 radical (unpaired) electrons. The van der Waals surface area contributed by atoms with Crippen molar-refractivity contribution in [3.05, 3.63) is 58.5 Å². The first kappa shape index (κ1) is 14.8. The van der Waals surface area contributed by atoms with Gasteiger partial charge in [-0.05, 0) is 12.1 Å². The van der Waals surface area contributed by atoms with Gasteiger partial charge in [-0.3, -0.25) is 9.59 Å². The Morgan fingerprint density at radius 1 is 1.29 bits per heavy atom. The van der Waals surface area contributed by atoms with Gasteiger partial charge in [0, 0.05) is 37.3 Å². The summed E-state index contributed by atoms with van der Waals surface area (Å²) in [7, 11) is 1.59. The highest BCUT2D eigenvalue weighted by Gasteiger charge is 2.10. The van der Waals surface area contributed by atoms with E-state index in [2.05, 4.69) is 10.3 Å². The lowest BCUT2D eigenvalue weighted by molar-refractivity contribution is 0.102. The van der Waals surface area contributed by atoms with Crippen LogP contribution in [0.25, 0.3) is 0 Å². The molecule has 2 aromatic rings. The predicted octanol–water partition coefficient (Wildman–Crippen LogP) is 1.65. The van der Waals surface area contributed by atoms with Crippen molar-refractivity contribution in [2.75, 3.05) is 25.6 Å². The zero-order chi connectivity index (χ0) is 15.1. The first-order valence-electron chi connectivity index (χ1n) is 6.41. The Bertz CT molecular complexity index is 666. The van der Waals surface area contributed by atoms with Crippen LogP contribution in [0.1, 0.15) is 10.4 Å². The monoisotopic (exact) mass is 288 g/mol.